The van der Waals surface area contributed by atoms with E-state index in [1.54, 1.807) is 10.4 Å². The van der Waals surface area contributed by atoms with E-state index < -0.39 is 0 Å². The summed E-state index contributed by atoms with van der Waals surface area (Å²) in [6, 6.07) is 8.84. The minimum absolute atomic E-state index is 0.00330. The molecule has 1 heterocycles. The van der Waals surface area contributed by atoms with Crippen molar-refractivity contribution in [3.63, 3.8) is 0 Å². The van der Waals surface area contributed by atoms with E-state index in [4.69, 9.17) is 0 Å². The molecule has 1 N–H and O–H groups in total. The van der Waals surface area contributed by atoms with Crippen molar-refractivity contribution in [3.8, 4) is 0 Å². The Morgan fingerprint density at radius 2 is 1.56 bits per heavy atom. The molecule has 1 aliphatic rings. The molecule has 0 fully saturated rings. The zero-order valence-electron chi connectivity index (χ0n) is 5.22. The molecular weight excluding hydrogens is 142 g/mol. The SMILES string of the molecule is c1ccc2c(c1)[SiH2]N[SiH2]2. The normalized spacial score (nSPS) is 20.9. The van der Waals surface area contributed by atoms with Gasteiger partial charge in [0.2, 0.25) is 0 Å². The molecule has 0 spiro atoms. The minimum atomic E-state index is 0.00330. The molecule has 0 saturated heterocycles. The van der Waals surface area contributed by atoms with Gasteiger partial charge in [0.1, 0.15) is 19.4 Å². The minimum Gasteiger partial charge on any atom is -0.362 e. The van der Waals surface area contributed by atoms with Gasteiger partial charge in [0.25, 0.3) is 0 Å². The highest BCUT2D eigenvalue weighted by Gasteiger charge is 2.07. The summed E-state index contributed by atoms with van der Waals surface area (Å²) in [6.07, 6.45) is 0. The number of benzene rings is 1. The average molecular weight is 151 g/mol. The highest BCUT2D eigenvalue weighted by molar-refractivity contribution is 6.78. The van der Waals surface area contributed by atoms with Crippen LogP contribution in [0.2, 0.25) is 0 Å². The van der Waals surface area contributed by atoms with E-state index in [9.17, 15) is 0 Å². The zero-order chi connectivity index (χ0) is 6.10. The summed E-state index contributed by atoms with van der Waals surface area (Å²) >= 11 is 0. The van der Waals surface area contributed by atoms with Gasteiger partial charge in [0.15, 0.2) is 0 Å². The first-order valence-electron chi connectivity index (χ1n) is 3.24. The summed E-state index contributed by atoms with van der Waals surface area (Å²) in [5.74, 6) is 0. The van der Waals surface area contributed by atoms with Crippen LogP contribution in [0, 0.1) is 0 Å². The van der Waals surface area contributed by atoms with Gasteiger partial charge in [-0.2, -0.15) is 0 Å². The van der Waals surface area contributed by atoms with Crippen molar-refractivity contribution >= 4 is 29.7 Å². The standard InChI is InChI=1S/C6H9NSi2/c1-2-4-6-5(3-1)8-7-9-6/h1-4,7H,8-9H2. The van der Waals surface area contributed by atoms with Crippen molar-refractivity contribution in [2.45, 2.75) is 0 Å². The summed E-state index contributed by atoms with van der Waals surface area (Å²) < 4.78 is 3.57. The van der Waals surface area contributed by atoms with Crippen molar-refractivity contribution < 1.29 is 0 Å². The van der Waals surface area contributed by atoms with Gasteiger partial charge in [0.05, 0.1) is 0 Å². The lowest BCUT2D eigenvalue weighted by atomic mass is 10.4. The van der Waals surface area contributed by atoms with Gasteiger partial charge in [-0.05, 0) is 0 Å². The van der Waals surface area contributed by atoms with Crippen LogP contribution in [0.1, 0.15) is 0 Å². The van der Waals surface area contributed by atoms with Gasteiger partial charge in [-0.15, -0.1) is 0 Å². The third kappa shape index (κ3) is 0.869. The molecule has 0 aliphatic carbocycles. The molecule has 9 heavy (non-hydrogen) atoms. The maximum Gasteiger partial charge on any atom is 0.117 e. The van der Waals surface area contributed by atoms with Gasteiger partial charge < -0.3 is 4.65 Å². The average Bonchev–Trinajstić information content (AvgIpc) is 2.33. The molecule has 1 aromatic carbocycles. The summed E-state index contributed by atoms with van der Waals surface area (Å²) in [5.41, 5.74) is 0. The lowest BCUT2D eigenvalue weighted by Crippen LogP contribution is -2.24. The van der Waals surface area contributed by atoms with Crippen molar-refractivity contribution in [3.05, 3.63) is 24.3 Å². The fourth-order valence-corrected chi connectivity index (χ4v) is 5.84. The second-order valence-corrected chi connectivity index (χ2v) is 6.60. The van der Waals surface area contributed by atoms with Gasteiger partial charge in [-0.1, -0.05) is 34.6 Å². The van der Waals surface area contributed by atoms with E-state index in [0.29, 0.717) is 0 Å². The Balaban J connectivity index is 2.54. The van der Waals surface area contributed by atoms with Crippen molar-refractivity contribution in [1.82, 2.24) is 4.65 Å². The van der Waals surface area contributed by atoms with Crippen LogP contribution in [0.25, 0.3) is 0 Å². The van der Waals surface area contributed by atoms with Crippen LogP contribution in [0.5, 0.6) is 0 Å². The van der Waals surface area contributed by atoms with Gasteiger partial charge >= 0.3 is 0 Å². The lowest BCUT2D eigenvalue weighted by molar-refractivity contribution is 1.64. The Labute approximate surface area is 59.3 Å². The van der Waals surface area contributed by atoms with Gasteiger partial charge in [-0.25, -0.2) is 0 Å². The molecule has 0 radical (unpaired) electrons. The Morgan fingerprint density at radius 3 is 2.11 bits per heavy atom. The highest BCUT2D eigenvalue weighted by Crippen LogP contribution is 1.80. The molecule has 0 bridgehead atoms. The van der Waals surface area contributed by atoms with E-state index in [1.807, 2.05) is 0 Å². The molecule has 46 valence electrons. The summed E-state index contributed by atoms with van der Waals surface area (Å²) in [7, 11) is 0.00660. The van der Waals surface area contributed by atoms with Crippen LogP contribution in [-0.4, -0.2) is 19.4 Å². The molecule has 0 aromatic heterocycles. The molecule has 1 aliphatic heterocycles. The molecule has 0 atom stereocenters. The number of fused-ring (bicyclic) bond motifs is 1. The zero-order valence-corrected chi connectivity index (χ0v) is 8.05. The van der Waals surface area contributed by atoms with E-state index >= 15 is 0 Å². The topological polar surface area (TPSA) is 12.0 Å². The van der Waals surface area contributed by atoms with Crippen molar-refractivity contribution in [1.29, 1.82) is 0 Å². The van der Waals surface area contributed by atoms with Crippen molar-refractivity contribution in [2.75, 3.05) is 0 Å². The third-order valence-electron chi connectivity index (χ3n) is 1.75. The molecule has 1 nitrogen and oxygen atoms in total. The summed E-state index contributed by atoms with van der Waals surface area (Å²) in [4.78, 5) is 0. The van der Waals surface area contributed by atoms with Crippen LogP contribution in [0.4, 0.5) is 0 Å². The lowest BCUT2D eigenvalue weighted by Gasteiger charge is -1.91. The van der Waals surface area contributed by atoms with Gasteiger partial charge in [0, 0.05) is 0 Å². The smallest absolute Gasteiger partial charge is 0.117 e. The van der Waals surface area contributed by atoms with Crippen LogP contribution < -0.4 is 15.0 Å². The fourth-order valence-electron chi connectivity index (χ4n) is 1.23. The first-order chi connectivity index (χ1) is 4.47. The Kier molecular flexibility index (Phi) is 1.26. The van der Waals surface area contributed by atoms with E-state index in [-0.39, 0.29) is 19.4 Å². The number of hydrogen-bond acceptors (Lipinski definition) is 1. The summed E-state index contributed by atoms with van der Waals surface area (Å²) in [5, 5.41) is 3.31. The molecule has 2 rings (SSSR count). The Hall–Kier alpha value is -0.386. The van der Waals surface area contributed by atoms with Gasteiger partial charge in [-0.3, -0.25) is 0 Å². The number of nitrogens with one attached hydrogen (secondary N) is 1. The van der Waals surface area contributed by atoms with E-state index in [2.05, 4.69) is 28.9 Å². The van der Waals surface area contributed by atoms with Crippen LogP contribution in [0.3, 0.4) is 0 Å². The molecule has 1 aromatic rings. The van der Waals surface area contributed by atoms with Crippen molar-refractivity contribution in [2.24, 2.45) is 0 Å². The number of hydrogen-bond donors (Lipinski definition) is 1. The summed E-state index contributed by atoms with van der Waals surface area (Å²) in [6.45, 7) is 0. The van der Waals surface area contributed by atoms with Crippen LogP contribution in [0.15, 0.2) is 24.3 Å². The highest BCUT2D eigenvalue weighted by atomic mass is 28.3. The quantitative estimate of drug-likeness (QED) is 0.412. The predicted molar refractivity (Wildman–Crippen MR) is 45.9 cm³/mol. The molecular formula is C6H9NSi2. The van der Waals surface area contributed by atoms with Crippen LogP contribution >= 0.6 is 0 Å². The Morgan fingerprint density at radius 1 is 1.00 bits per heavy atom. The second kappa shape index (κ2) is 2.09. The third-order valence-corrected chi connectivity index (χ3v) is 6.39. The molecule has 3 heteroatoms. The Bertz CT molecular complexity index is 201. The van der Waals surface area contributed by atoms with E-state index in [1.165, 1.54) is 0 Å². The number of rotatable bonds is 0. The molecule has 0 unspecified atom stereocenters. The monoisotopic (exact) mass is 151 g/mol. The maximum absolute atomic E-state index is 3.57. The fraction of sp³-hybridized carbons (Fsp3) is 0. The van der Waals surface area contributed by atoms with E-state index in [0.717, 1.165) is 0 Å². The predicted octanol–water partition coefficient (Wildman–Crippen LogP) is -2.29. The molecule has 0 amide bonds. The molecule has 0 saturated carbocycles. The van der Waals surface area contributed by atoms with Crippen LogP contribution in [-0.2, 0) is 0 Å². The first kappa shape index (κ1) is 5.40. The second-order valence-electron chi connectivity index (χ2n) is 2.37. The maximum atomic E-state index is 3.57. The first-order valence-corrected chi connectivity index (χ1v) is 6.07. The largest absolute Gasteiger partial charge is 0.362 e.